The number of piperidine rings is 1. The molecule has 0 spiro atoms. The molecule has 17 heavy (non-hydrogen) atoms. The van der Waals surface area contributed by atoms with Gasteiger partial charge in [0.05, 0.1) is 0 Å². The van der Waals surface area contributed by atoms with Crippen molar-refractivity contribution >= 4 is 11.6 Å². The van der Waals surface area contributed by atoms with Crippen LogP contribution in [-0.4, -0.2) is 35.6 Å². The highest BCUT2D eigenvalue weighted by Gasteiger charge is 2.19. The molecule has 0 amide bonds. The van der Waals surface area contributed by atoms with Crippen LogP contribution in [0.4, 0.5) is 0 Å². The first-order valence-corrected chi connectivity index (χ1v) is 6.72. The summed E-state index contributed by atoms with van der Waals surface area (Å²) in [6.45, 7) is 6.57. The average molecular weight is 254 g/mol. The minimum Gasteiger partial charge on any atom is -0.317 e. The first-order chi connectivity index (χ1) is 8.29. The van der Waals surface area contributed by atoms with Crippen molar-refractivity contribution in [1.82, 2.24) is 15.2 Å². The normalized spacial score (nSPS) is 17.6. The van der Waals surface area contributed by atoms with E-state index in [1.165, 1.54) is 18.4 Å². The number of halogens is 1. The summed E-state index contributed by atoms with van der Waals surface area (Å²) in [5, 5.41) is 3.98. The van der Waals surface area contributed by atoms with Gasteiger partial charge in [0.1, 0.15) is 5.15 Å². The van der Waals surface area contributed by atoms with Crippen molar-refractivity contribution < 1.29 is 0 Å². The van der Waals surface area contributed by atoms with E-state index in [-0.39, 0.29) is 0 Å². The molecule has 4 heteroatoms. The molecule has 94 valence electrons. The molecule has 2 rings (SSSR count). The molecule has 0 bridgehead atoms. The third-order valence-electron chi connectivity index (χ3n) is 3.41. The van der Waals surface area contributed by atoms with E-state index in [2.05, 4.69) is 28.2 Å². The lowest BCUT2D eigenvalue weighted by molar-refractivity contribution is 0.162. The molecule has 0 saturated carbocycles. The molecule has 1 N–H and O–H groups in total. The highest BCUT2D eigenvalue weighted by Crippen LogP contribution is 2.15. The van der Waals surface area contributed by atoms with Crippen LogP contribution in [-0.2, 0) is 6.54 Å². The summed E-state index contributed by atoms with van der Waals surface area (Å²) in [7, 11) is 0. The van der Waals surface area contributed by atoms with E-state index in [1.807, 2.05) is 12.3 Å². The first-order valence-electron chi connectivity index (χ1n) is 6.35. The number of hydrogen-bond donors (Lipinski definition) is 1. The van der Waals surface area contributed by atoms with E-state index in [0.717, 1.165) is 26.2 Å². The van der Waals surface area contributed by atoms with E-state index in [0.29, 0.717) is 11.2 Å². The molecule has 0 aliphatic carbocycles. The van der Waals surface area contributed by atoms with Crippen molar-refractivity contribution in [2.24, 2.45) is 0 Å². The van der Waals surface area contributed by atoms with E-state index < -0.39 is 0 Å². The SMILES string of the molecule is CCN(Cc1ccc(Cl)nc1)C1CCNCC1. The second-order valence-corrected chi connectivity index (χ2v) is 4.92. The molecule has 3 nitrogen and oxygen atoms in total. The van der Waals surface area contributed by atoms with Gasteiger partial charge in [-0.05, 0) is 44.1 Å². The molecule has 1 fully saturated rings. The molecule has 1 saturated heterocycles. The lowest BCUT2D eigenvalue weighted by Gasteiger charge is -2.33. The summed E-state index contributed by atoms with van der Waals surface area (Å²) in [5.74, 6) is 0. The predicted octanol–water partition coefficient (Wildman–Crippen LogP) is 2.31. The summed E-state index contributed by atoms with van der Waals surface area (Å²) < 4.78 is 0. The second-order valence-electron chi connectivity index (χ2n) is 4.53. The fraction of sp³-hybridized carbons (Fsp3) is 0.615. The minimum absolute atomic E-state index is 0.568. The molecule has 1 aliphatic rings. The Kier molecular flexibility index (Phi) is 4.77. The van der Waals surface area contributed by atoms with Crippen LogP contribution in [0.15, 0.2) is 18.3 Å². The molecule has 1 aliphatic heterocycles. The van der Waals surface area contributed by atoms with Crippen molar-refractivity contribution in [2.45, 2.75) is 32.4 Å². The Bertz CT molecular complexity index is 333. The van der Waals surface area contributed by atoms with Crippen molar-refractivity contribution in [3.8, 4) is 0 Å². The highest BCUT2D eigenvalue weighted by atomic mass is 35.5. The Balaban J connectivity index is 1.96. The predicted molar refractivity (Wildman–Crippen MR) is 71.2 cm³/mol. The second kappa shape index (κ2) is 6.34. The van der Waals surface area contributed by atoms with Crippen molar-refractivity contribution in [2.75, 3.05) is 19.6 Å². The van der Waals surface area contributed by atoms with Crippen LogP contribution in [0.5, 0.6) is 0 Å². The minimum atomic E-state index is 0.568. The van der Waals surface area contributed by atoms with E-state index >= 15 is 0 Å². The van der Waals surface area contributed by atoms with Crippen LogP contribution in [0.3, 0.4) is 0 Å². The Hall–Kier alpha value is -0.640. The van der Waals surface area contributed by atoms with Crippen LogP contribution in [0.1, 0.15) is 25.3 Å². The third kappa shape index (κ3) is 3.66. The number of rotatable bonds is 4. The summed E-state index contributed by atoms with van der Waals surface area (Å²) in [4.78, 5) is 6.67. The van der Waals surface area contributed by atoms with Gasteiger partial charge < -0.3 is 5.32 Å². The first kappa shape index (κ1) is 12.8. The smallest absolute Gasteiger partial charge is 0.129 e. The number of pyridine rings is 1. The third-order valence-corrected chi connectivity index (χ3v) is 3.63. The van der Waals surface area contributed by atoms with E-state index in [1.54, 1.807) is 0 Å². The Morgan fingerprint density at radius 1 is 1.41 bits per heavy atom. The maximum absolute atomic E-state index is 5.80. The van der Waals surface area contributed by atoms with Crippen LogP contribution >= 0.6 is 11.6 Å². The number of hydrogen-bond acceptors (Lipinski definition) is 3. The number of aromatic nitrogens is 1. The Labute approximate surface area is 108 Å². The van der Waals surface area contributed by atoms with Gasteiger partial charge in [-0.1, -0.05) is 24.6 Å². The molecular weight excluding hydrogens is 234 g/mol. The fourth-order valence-electron chi connectivity index (χ4n) is 2.41. The lowest BCUT2D eigenvalue weighted by Crippen LogP contribution is -2.42. The lowest BCUT2D eigenvalue weighted by atomic mass is 10.0. The molecular formula is C13H20ClN3. The van der Waals surface area contributed by atoms with Gasteiger partial charge in [0.25, 0.3) is 0 Å². The topological polar surface area (TPSA) is 28.2 Å². The summed E-state index contributed by atoms with van der Waals surface area (Å²) >= 11 is 5.80. The van der Waals surface area contributed by atoms with Crippen molar-refractivity contribution in [1.29, 1.82) is 0 Å². The van der Waals surface area contributed by atoms with Gasteiger partial charge in [-0.3, -0.25) is 4.90 Å². The Morgan fingerprint density at radius 3 is 2.76 bits per heavy atom. The van der Waals surface area contributed by atoms with E-state index in [4.69, 9.17) is 11.6 Å². The zero-order chi connectivity index (χ0) is 12.1. The number of nitrogens with zero attached hydrogens (tertiary/aromatic N) is 2. The van der Waals surface area contributed by atoms with Gasteiger partial charge in [0.2, 0.25) is 0 Å². The monoisotopic (exact) mass is 253 g/mol. The van der Waals surface area contributed by atoms with Crippen LogP contribution in [0.2, 0.25) is 5.15 Å². The summed E-state index contributed by atoms with van der Waals surface area (Å²) in [6.07, 6.45) is 4.37. The summed E-state index contributed by atoms with van der Waals surface area (Å²) in [6, 6.07) is 4.64. The zero-order valence-corrected chi connectivity index (χ0v) is 11.1. The van der Waals surface area contributed by atoms with Crippen LogP contribution in [0, 0.1) is 0 Å². The van der Waals surface area contributed by atoms with Gasteiger partial charge in [0, 0.05) is 18.8 Å². The highest BCUT2D eigenvalue weighted by molar-refractivity contribution is 6.29. The molecule has 0 aromatic carbocycles. The zero-order valence-electron chi connectivity index (χ0n) is 10.3. The van der Waals surface area contributed by atoms with Gasteiger partial charge in [0.15, 0.2) is 0 Å². The van der Waals surface area contributed by atoms with Crippen LogP contribution < -0.4 is 5.32 Å². The quantitative estimate of drug-likeness (QED) is 0.835. The van der Waals surface area contributed by atoms with Crippen molar-refractivity contribution in [3.63, 3.8) is 0 Å². The van der Waals surface area contributed by atoms with Crippen molar-refractivity contribution in [3.05, 3.63) is 29.0 Å². The number of nitrogens with one attached hydrogen (secondary N) is 1. The van der Waals surface area contributed by atoms with Gasteiger partial charge >= 0.3 is 0 Å². The fourth-order valence-corrected chi connectivity index (χ4v) is 2.52. The maximum Gasteiger partial charge on any atom is 0.129 e. The van der Waals surface area contributed by atoms with Crippen LogP contribution in [0.25, 0.3) is 0 Å². The molecule has 1 aromatic heterocycles. The summed E-state index contributed by atoms with van der Waals surface area (Å²) in [5.41, 5.74) is 1.25. The largest absolute Gasteiger partial charge is 0.317 e. The molecule has 0 radical (unpaired) electrons. The van der Waals surface area contributed by atoms with Gasteiger partial charge in [-0.25, -0.2) is 4.98 Å². The van der Waals surface area contributed by atoms with Gasteiger partial charge in [-0.2, -0.15) is 0 Å². The maximum atomic E-state index is 5.80. The standard InChI is InChI=1S/C13H20ClN3/c1-2-17(12-5-7-15-8-6-12)10-11-3-4-13(14)16-9-11/h3-4,9,12,15H,2,5-8,10H2,1H3. The molecule has 2 heterocycles. The molecule has 1 aromatic rings. The van der Waals surface area contributed by atoms with Gasteiger partial charge in [-0.15, -0.1) is 0 Å². The Morgan fingerprint density at radius 2 is 2.18 bits per heavy atom. The average Bonchev–Trinajstić information content (AvgIpc) is 2.39. The molecule has 0 unspecified atom stereocenters. The molecule has 0 atom stereocenters. The van der Waals surface area contributed by atoms with E-state index in [9.17, 15) is 0 Å².